The molecular formula is C17H17N3O5. The van der Waals surface area contributed by atoms with Gasteiger partial charge in [-0.05, 0) is 36.8 Å². The Kier molecular flexibility index (Phi) is 5.67. The average molecular weight is 343 g/mol. The maximum Gasteiger partial charge on any atom is 0.311 e. The number of rotatable bonds is 7. The Hall–Kier alpha value is -3.42. The number of hydrogen-bond acceptors (Lipinski definition) is 5. The molecule has 2 amide bonds. The highest BCUT2D eigenvalue weighted by Crippen LogP contribution is 2.27. The van der Waals surface area contributed by atoms with E-state index in [-0.39, 0.29) is 30.2 Å². The highest BCUT2D eigenvalue weighted by molar-refractivity contribution is 5.95. The molecule has 25 heavy (non-hydrogen) atoms. The number of nitrogens with zero attached hydrogens (tertiary/aromatic N) is 1. The van der Waals surface area contributed by atoms with E-state index in [1.54, 1.807) is 31.2 Å². The number of nitrogens with one attached hydrogen (secondary N) is 1. The zero-order valence-corrected chi connectivity index (χ0v) is 13.5. The van der Waals surface area contributed by atoms with Crippen LogP contribution >= 0.6 is 0 Å². The van der Waals surface area contributed by atoms with E-state index >= 15 is 0 Å². The predicted molar refractivity (Wildman–Crippen MR) is 90.4 cm³/mol. The molecule has 0 radical (unpaired) electrons. The third-order valence-electron chi connectivity index (χ3n) is 3.38. The Labute approximate surface area is 143 Å². The molecule has 0 aromatic heterocycles. The Balaban J connectivity index is 2.13. The third-order valence-corrected chi connectivity index (χ3v) is 3.38. The number of primary amides is 1. The molecule has 0 heterocycles. The fourth-order valence-corrected chi connectivity index (χ4v) is 2.20. The summed E-state index contributed by atoms with van der Waals surface area (Å²) in [6.45, 7) is 2.15. The van der Waals surface area contributed by atoms with Crippen molar-refractivity contribution >= 4 is 17.5 Å². The van der Waals surface area contributed by atoms with Crippen LogP contribution in [0.25, 0.3) is 0 Å². The number of nitro benzene ring substituents is 1. The Morgan fingerprint density at radius 1 is 1.20 bits per heavy atom. The van der Waals surface area contributed by atoms with Crippen LogP contribution in [0.3, 0.4) is 0 Å². The molecule has 3 N–H and O–H groups in total. The van der Waals surface area contributed by atoms with Crippen molar-refractivity contribution in [3.05, 3.63) is 69.3 Å². The van der Waals surface area contributed by atoms with Crippen molar-refractivity contribution in [1.82, 2.24) is 5.32 Å². The number of nitrogens with two attached hydrogens (primary N) is 1. The lowest BCUT2D eigenvalue weighted by Crippen LogP contribution is -2.23. The van der Waals surface area contributed by atoms with Gasteiger partial charge in [-0.3, -0.25) is 19.7 Å². The first-order valence-electron chi connectivity index (χ1n) is 7.50. The standard InChI is InChI=1S/C17H17N3O5/c1-2-25-15-7-6-13(9-14(15)20(23)24)17(22)19-10-11-4-3-5-12(8-11)16(18)21/h3-9H,2,10H2,1H3,(H2,18,21)(H,19,22). The van der Waals surface area contributed by atoms with Crippen LogP contribution in [0.2, 0.25) is 0 Å². The molecule has 0 aliphatic heterocycles. The molecule has 130 valence electrons. The molecule has 0 aliphatic carbocycles. The molecule has 8 heteroatoms. The maximum absolute atomic E-state index is 12.2. The number of carbonyl (C=O) groups excluding carboxylic acids is 2. The summed E-state index contributed by atoms with van der Waals surface area (Å²) >= 11 is 0. The lowest BCUT2D eigenvalue weighted by molar-refractivity contribution is -0.385. The van der Waals surface area contributed by atoms with E-state index in [0.717, 1.165) is 0 Å². The topological polar surface area (TPSA) is 125 Å². The number of nitro groups is 1. The van der Waals surface area contributed by atoms with Gasteiger partial charge < -0.3 is 15.8 Å². The number of amides is 2. The van der Waals surface area contributed by atoms with Crippen LogP contribution in [0.15, 0.2) is 42.5 Å². The number of hydrogen-bond donors (Lipinski definition) is 2. The molecular weight excluding hydrogens is 326 g/mol. The second-order valence-electron chi connectivity index (χ2n) is 5.12. The van der Waals surface area contributed by atoms with Gasteiger partial charge in [-0.2, -0.15) is 0 Å². The summed E-state index contributed by atoms with van der Waals surface area (Å²) in [5.74, 6) is -0.927. The van der Waals surface area contributed by atoms with E-state index in [1.165, 1.54) is 18.2 Å². The fourth-order valence-electron chi connectivity index (χ4n) is 2.20. The van der Waals surface area contributed by atoms with Gasteiger partial charge in [0.1, 0.15) is 0 Å². The van der Waals surface area contributed by atoms with Crippen LogP contribution in [-0.4, -0.2) is 23.3 Å². The molecule has 0 atom stereocenters. The van der Waals surface area contributed by atoms with Crippen molar-refractivity contribution in [2.75, 3.05) is 6.61 Å². The van der Waals surface area contributed by atoms with Gasteiger partial charge in [0.05, 0.1) is 11.5 Å². The minimum atomic E-state index is -0.599. The molecule has 8 nitrogen and oxygen atoms in total. The van der Waals surface area contributed by atoms with E-state index in [0.29, 0.717) is 11.1 Å². The van der Waals surface area contributed by atoms with Gasteiger partial charge in [0, 0.05) is 23.7 Å². The summed E-state index contributed by atoms with van der Waals surface area (Å²) in [6.07, 6.45) is 0. The first-order valence-corrected chi connectivity index (χ1v) is 7.50. The van der Waals surface area contributed by atoms with Crippen molar-refractivity contribution in [1.29, 1.82) is 0 Å². The Morgan fingerprint density at radius 3 is 2.60 bits per heavy atom. The summed E-state index contributed by atoms with van der Waals surface area (Å²) < 4.78 is 5.18. The summed E-state index contributed by atoms with van der Waals surface area (Å²) in [5, 5.41) is 13.7. The highest BCUT2D eigenvalue weighted by atomic mass is 16.6. The smallest absolute Gasteiger partial charge is 0.311 e. The molecule has 0 aliphatic rings. The SMILES string of the molecule is CCOc1ccc(C(=O)NCc2cccc(C(N)=O)c2)cc1[N+](=O)[O-]. The molecule has 2 rings (SSSR count). The minimum absolute atomic E-state index is 0.109. The zero-order valence-electron chi connectivity index (χ0n) is 13.5. The summed E-state index contributed by atoms with van der Waals surface area (Å²) in [5.41, 5.74) is 6.10. The van der Waals surface area contributed by atoms with Gasteiger partial charge in [0.25, 0.3) is 5.91 Å². The molecule has 0 spiro atoms. The lowest BCUT2D eigenvalue weighted by Gasteiger charge is -2.08. The van der Waals surface area contributed by atoms with Gasteiger partial charge >= 0.3 is 5.69 Å². The molecule has 0 saturated heterocycles. The molecule has 0 unspecified atom stereocenters. The van der Waals surface area contributed by atoms with Crippen LogP contribution in [0, 0.1) is 10.1 Å². The predicted octanol–water partition coefficient (Wildman–Crippen LogP) is 2.02. The van der Waals surface area contributed by atoms with Gasteiger partial charge in [-0.15, -0.1) is 0 Å². The second kappa shape index (κ2) is 7.91. The molecule has 0 fully saturated rings. The first kappa shape index (κ1) is 17.9. The van der Waals surface area contributed by atoms with Crippen LogP contribution in [0.1, 0.15) is 33.2 Å². The largest absolute Gasteiger partial charge is 0.487 e. The highest BCUT2D eigenvalue weighted by Gasteiger charge is 2.18. The van der Waals surface area contributed by atoms with Gasteiger partial charge in [0.2, 0.25) is 5.91 Å². The molecule has 2 aromatic rings. The van der Waals surface area contributed by atoms with E-state index in [9.17, 15) is 19.7 Å². The lowest BCUT2D eigenvalue weighted by atomic mass is 10.1. The van der Waals surface area contributed by atoms with Crippen LogP contribution in [0.4, 0.5) is 5.69 Å². The first-order chi connectivity index (χ1) is 11.9. The van der Waals surface area contributed by atoms with Crippen LogP contribution in [-0.2, 0) is 6.54 Å². The summed E-state index contributed by atoms with van der Waals surface area (Å²) in [4.78, 5) is 33.9. The maximum atomic E-state index is 12.2. The minimum Gasteiger partial charge on any atom is -0.487 e. The summed E-state index contributed by atoms with van der Waals surface area (Å²) in [7, 11) is 0. The second-order valence-corrected chi connectivity index (χ2v) is 5.12. The number of ether oxygens (including phenoxy) is 1. The van der Waals surface area contributed by atoms with Crippen molar-refractivity contribution in [3.8, 4) is 5.75 Å². The quantitative estimate of drug-likeness (QED) is 0.588. The number of carbonyl (C=O) groups is 2. The van der Waals surface area contributed by atoms with E-state index in [4.69, 9.17) is 10.5 Å². The van der Waals surface area contributed by atoms with Crippen molar-refractivity contribution < 1.29 is 19.2 Å². The van der Waals surface area contributed by atoms with Crippen molar-refractivity contribution in [3.63, 3.8) is 0 Å². The van der Waals surface area contributed by atoms with Crippen molar-refractivity contribution in [2.24, 2.45) is 5.73 Å². The van der Waals surface area contributed by atoms with Crippen molar-refractivity contribution in [2.45, 2.75) is 13.5 Å². The van der Waals surface area contributed by atoms with E-state index < -0.39 is 16.7 Å². The third kappa shape index (κ3) is 4.54. The van der Waals surface area contributed by atoms with Gasteiger partial charge in [-0.25, -0.2) is 0 Å². The Bertz CT molecular complexity index is 820. The van der Waals surface area contributed by atoms with Crippen LogP contribution < -0.4 is 15.8 Å². The van der Waals surface area contributed by atoms with E-state index in [1.807, 2.05) is 0 Å². The molecule has 2 aromatic carbocycles. The number of benzene rings is 2. The molecule has 0 bridgehead atoms. The zero-order chi connectivity index (χ0) is 18.4. The van der Waals surface area contributed by atoms with E-state index in [2.05, 4.69) is 5.32 Å². The monoisotopic (exact) mass is 343 g/mol. The fraction of sp³-hybridized carbons (Fsp3) is 0.176. The Morgan fingerprint density at radius 2 is 1.96 bits per heavy atom. The van der Waals surface area contributed by atoms with Crippen LogP contribution in [0.5, 0.6) is 5.75 Å². The molecule has 0 saturated carbocycles. The van der Waals surface area contributed by atoms with Gasteiger partial charge in [-0.1, -0.05) is 12.1 Å². The average Bonchev–Trinajstić information content (AvgIpc) is 2.60. The normalized spacial score (nSPS) is 10.1. The summed E-state index contributed by atoms with van der Waals surface area (Å²) in [6, 6.07) is 10.5. The van der Waals surface area contributed by atoms with Gasteiger partial charge in [0.15, 0.2) is 5.75 Å².